The van der Waals surface area contributed by atoms with Gasteiger partial charge < -0.3 is 9.64 Å². The third kappa shape index (κ3) is 6.66. The maximum absolute atomic E-state index is 13.1. The van der Waals surface area contributed by atoms with Crippen molar-refractivity contribution in [1.82, 2.24) is 10.2 Å². The lowest BCUT2D eigenvalue weighted by molar-refractivity contribution is -0.0429. The number of fused-ring (bicyclic) bond motifs is 1. The zero-order chi connectivity index (χ0) is 25.6. The number of benzene rings is 1. The third-order valence-electron chi connectivity index (χ3n) is 5.10. The predicted octanol–water partition coefficient (Wildman–Crippen LogP) is 5.33. The van der Waals surface area contributed by atoms with Crippen LogP contribution in [0.25, 0.3) is 0 Å². The Morgan fingerprint density at radius 3 is 2.69 bits per heavy atom. The number of unbranched alkanes of at least 4 members (excludes halogenated alkanes) is 2. The molecule has 192 valence electrons. The van der Waals surface area contributed by atoms with Gasteiger partial charge in [-0.1, -0.05) is 31.1 Å². The van der Waals surface area contributed by atoms with Gasteiger partial charge in [-0.15, -0.1) is 20.4 Å². The van der Waals surface area contributed by atoms with Gasteiger partial charge in [0.05, 0.1) is 12.3 Å². The van der Waals surface area contributed by atoms with E-state index in [1.165, 1.54) is 12.1 Å². The summed E-state index contributed by atoms with van der Waals surface area (Å²) in [6.07, 6.45) is 4.41. The molecule has 3 rings (SSSR count). The molecule has 0 aliphatic carbocycles. The van der Waals surface area contributed by atoms with Gasteiger partial charge in [0.15, 0.2) is 0 Å². The van der Waals surface area contributed by atoms with Crippen LogP contribution in [-0.2, 0) is 21.2 Å². The van der Waals surface area contributed by atoms with E-state index in [1.807, 2.05) is 4.90 Å². The molecule has 0 fully saturated rings. The van der Waals surface area contributed by atoms with Gasteiger partial charge in [0, 0.05) is 18.8 Å². The second kappa shape index (κ2) is 11.3. The van der Waals surface area contributed by atoms with E-state index in [0.29, 0.717) is 25.2 Å². The second-order valence-electron chi connectivity index (χ2n) is 7.66. The second-order valence-corrected chi connectivity index (χ2v) is 10.3. The van der Waals surface area contributed by atoms with Crippen LogP contribution in [0.4, 0.5) is 35.4 Å². The van der Waals surface area contributed by atoms with Crippen molar-refractivity contribution in [2.45, 2.75) is 51.5 Å². The van der Waals surface area contributed by atoms with Gasteiger partial charge in [0.1, 0.15) is 5.69 Å². The number of nitrogens with zero attached hydrogens (tertiary/aromatic N) is 5. The van der Waals surface area contributed by atoms with Crippen molar-refractivity contribution in [3.8, 4) is 0 Å². The largest absolute Gasteiger partial charge is 0.516 e. The number of halogens is 3. The van der Waals surface area contributed by atoms with E-state index in [-0.39, 0.29) is 28.1 Å². The normalized spacial score (nSPS) is 14.3. The minimum absolute atomic E-state index is 0.0448. The summed E-state index contributed by atoms with van der Waals surface area (Å²) in [5.41, 5.74) is -4.50. The van der Waals surface area contributed by atoms with Crippen molar-refractivity contribution in [3.63, 3.8) is 0 Å². The molecule has 35 heavy (non-hydrogen) atoms. The molecule has 0 saturated heterocycles. The zero-order valence-electron chi connectivity index (χ0n) is 19.1. The Morgan fingerprint density at radius 2 is 2.00 bits per heavy atom. The smallest absolute Gasteiger partial charge is 0.461 e. The first-order valence-corrected chi connectivity index (χ1v) is 13.3. The first-order valence-electron chi connectivity index (χ1n) is 11.0. The number of aromatic nitrogens is 2. The molecule has 10 nitrogen and oxygen atoms in total. The standard InChI is InChI=1S/C20H25F3N6O4S2/c1-3-5-6-9-29-10-7-8-13-11-14(15(12-16(13)29)28-35(31,32)20(21,22)23)24-26-19-27-25-17(34-19)18(30)33-4-2/h11-12,28H,3-10H2,1-2H3. The molecule has 1 aliphatic rings. The third-order valence-corrected chi connectivity index (χ3v) is 6.99. The van der Waals surface area contributed by atoms with E-state index in [9.17, 15) is 26.4 Å². The van der Waals surface area contributed by atoms with Crippen LogP contribution in [0, 0.1) is 0 Å². The number of esters is 1. The summed E-state index contributed by atoms with van der Waals surface area (Å²) < 4.78 is 69.4. The molecule has 0 atom stereocenters. The van der Waals surface area contributed by atoms with Crippen LogP contribution >= 0.6 is 11.3 Å². The first kappa shape index (κ1) is 26.8. The summed E-state index contributed by atoms with van der Waals surface area (Å²) in [6, 6.07) is 2.88. The first-order chi connectivity index (χ1) is 16.6. The fourth-order valence-corrected chi connectivity index (χ4v) is 4.60. The Bertz CT molecular complexity index is 1180. The number of ether oxygens (including phenoxy) is 1. The summed E-state index contributed by atoms with van der Waals surface area (Å²) in [5.74, 6) is -0.693. The molecule has 15 heteroatoms. The molecule has 0 unspecified atom stereocenters. The van der Waals surface area contributed by atoms with Gasteiger partial charge in [-0.05, 0) is 43.9 Å². The number of rotatable bonds is 10. The number of hydrogen-bond donors (Lipinski definition) is 1. The molecule has 2 heterocycles. The molecule has 1 aromatic carbocycles. The fraction of sp³-hybridized carbons (Fsp3) is 0.550. The summed E-state index contributed by atoms with van der Waals surface area (Å²) in [7, 11) is -5.69. The topological polar surface area (TPSA) is 126 Å². The number of hydrogen-bond acceptors (Lipinski definition) is 10. The number of nitrogens with one attached hydrogen (secondary N) is 1. The van der Waals surface area contributed by atoms with E-state index in [0.717, 1.165) is 42.6 Å². The van der Waals surface area contributed by atoms with Crippen molar-refractivity contribution in [1.29, 1.82) is 0 Å². The summed E-state index contributed by atoms with van der Waals surface area (Å²) in [6.45, 7) is 5.25. The number of anilines is 2. The van der Waals surface area contributed by atoms with Crippen LogP contribution in [0.1, 0.15) is 54.9 Å². The van der Waals surface area contributed by atoms with Gasteiger partial charge in [0.25, 0.3) is 5.13 Å². The van der Waals surface area contributed by atoms with Crippen molar-refractivity contribution < 1.29 is 31.1 Å². The lowest BCUT2D eigenvalue weighted by Gasteiger charge is -2.32. The molecule has 1 aromatic heterocycles. The highest BCUT2D eigenvalue weighted by Gasteiger charge is 2.46. The van der Waals surface area contributed by atoms with Gasteiger partial charge >= 0.3 is 21.5 Å². The molecule has 1 aliphatic heterocycles. The molecular weight excluding hydrogens is 509 g/mol. The SMILES string of the molecule is CCCCCN1CCCc2cc(N=Nc3nnc(C(=O)OCC)s3)c(NS(=O)(=O)C(F)(F)F)cc21. The quantitative estimate of drug-likeness (QED) is 0.248. The maximum Gasteiger partial charge on any atom is 0.516 e. The summed E-state index contributed by atoms with van der Waals surface area (Å²) >= 11 is 0.780. The van der Waals surface area contributed by atoms with E-state index in [4.69, 9.17) is 4.74 Å². The van der Waals surface area contributed by atoms with Crippen LogP contribution in [-0.4, -0.2) is 49.8 Å². The highest BCUT2D eigenvalue weighted by molar-refractivity contribution is 7.93. The van der Waals surface area contributed by atoms with E-state index in [2.05, 4.69) is 27.3 Å². The van der Waals surface area contributed by atoms with Gasteiger partial charge in [-0.3, -0.25) is 4.72 Å². The van der Waals surface area contributed by atoms with Gasteiger partial charge in [0.2, 0.25) is 5.01 Å². The molecule has 0 saturated carbocycles. The molecule has 0 radical (unpaired) electrons. The van der Waals surface area contributed by atoms with E-state index >= 15 is 0 Å². The van der Waals surface area contributed by atoms with Crippen molar-refractivity contribution in [2.24, 2.45) is 10.2 Å². The number of alkyl halides is 3. The summed E-state index contributed by atoms with van der Waals surface area (Å²) in [4.78, 5) is 13.8. The molecule has 1 N–H and O–H groups in total. The Kier molecular flexibility index (Phi) is 8.64. The number of sulfonamides is 1. The van der Waals surface area contributed by atoms with Crippen LogP contribution in [0.5, 0.6) is 0 Å². The highest BCUT2D eigenvalue weighted by atomic mass is 32.2. The number of azo groups is 1. The molecule has 2 aromatic rings. The van der Waals surface area contributed by atoms with Crippen LogP contribution in [0.15, 0.2) is 22.4 Å². The lowest BCUT2D eigenvalue weighted by atomic mass is 9.99. The maximum atomic E-state index is 13.1. The number of carbonyl (C=O) groups excluding carboxylic acids is 1. The molecule has 0 amide bonds. The van der Waals surface area contributed by atoms with Crippen molar-refractivity contribution in [3.05, 3.63) is 22.7 Å². The Balaban J connectivity index is 1.98. The van der Waals surface area contributed by atoms with Crippen LogP contribution < -0.4 is 9.62 Å². The van der Waals surface area contributed by atoms with Crippen LogP contribution in [0.3, 0.4) is 0 Å². The number of aryl methyl sites for hydroxylation is 1. The number of carbonyl (C=O) groups is 1. The predicted molar refractivity (Wildman–Crippen MR) is 125 cm³/mol. The van der Waals surface area contributed by atoms with Gasteiger partial charge in [-0.2, -0.15) is 21.6 Å². The Labute approximate surface area is 204 Å². The van der Waals surface area contributed by atoms with Crippen LogP contribution in [0.2, 0.25) is 0 Å². The monoisotopic (exact) mass is 534 g/mol. The van der Waals surface area contributed by atoms with Gasteiger partial charge in [-0.25, -0.2) is 4.79 Å². The van der Waals surface area contributed by atoms with Crippen molar-refractivity contribution in [2.75, 3.05) is 29.3 Å². The molecule has 0 bridgehead atoms. The fourth-order valence-electron chi connectivity index (χ4n) is 3.48. The zero-order valence-corrected chi connectivity index (χ0v) is 20.8. The highest BCUT2D eigenvalue weighted by Crippen LogP contribution is 2.39. The summed E-state index contributed by atoms with van der Waals surface area (Å²) in [5, 5.41) is 15.0. The average molecular weight is 535 g/mol. The Hall–Kier alpha value is -2.81. The van der Waals surface area contributed by atoms with E-state index in [1.54, 1.807) is 11.6 Å². The molecule has 0 spiro atoms. The minimum atomic E-state index is -5.69. The van der Waals surface area contributed by atoms with E-state index < -0.39 is 21.5 Å². The lowest BCUT2D eigenvalue weighted by Crippen LogP contribution is -2.32. The minimum Gasteiger partial charge on any atom is -0.461 e. The Morgan fingerprint density at radius 1 is 1.23 bits per heavy atom. The van der Waals surface area contributed by atoms with Crippen molar-refractivity contribution >= 4 is 49.5 Å². The average Bonchev–Trinajstić information content (AvgIpc) is 3.26. The molecular formula is C20H25F3N6O4S2.